The van der Waals surface area contributed by atoms with Gasteiger partial charge in [-0.1, -0.05) is 36.5 Å². The maximum atomic E-state index is 5.25. The Balaban J connectivity index is 2.33. The van der Waals surface area contributed by atoms with Crippen LogP contribution in [0.4, 0.5) is 0 Å². The van der Waals surface area contributed by atoms with E-state index in [-0.39, 0.29) is 0 Å². The topological polar surface area (TPSA) is 41.6 Å². The number of H-pyrrole nitrogens is 1. The summed E-state index contributed by atoms with van der Waals surface area (Å²) in [4.78, 5) is 4.30. The Morgan fingerprint density at radius 2 is 1.83 bits per heavy atom. The summed E-state index contributed by atoms with van der Waals surface area (Å²) in [6.45, 7) is 1.97. The van der Waals surface area contributed by atoms with Crippen LogP contribution < -0.4 is 0 Å². The molecule has 4 heteroatoms. The number of hydrogen-bond donors (Lipinski definition) is 1. The van der Waals surface area contributed by atoms with Crippen LogP contribution >= 0.6 is 12.2 Å². The van der Waals surface area contributed by atoms with Crippen molar-refractivity contribution in [2.24, 2.45) is 0 Å². The van der Waals surface area contributed by atoms with Crippen molar-refractivity contribution in [3.8, 4) is 11.3 Å². The summed E-state index contributed by atoms with van der Waals surface area (Å²) < 4.78 is 0.662. The van der Waals surface area contributed by atoms with Crippen molar-refractivity contribution in [1.82, 2.24) is 15.2 Å². The fraction of sp³-hybridized carbons (Fsp3) is 0.0714. The van der Waals surface area contributed by atoms with E-state index in [0.717, 1.165) is 27.7 Å². The Hall–Kier alpha value is -2.07. The maximum absolute atomic E-state index is 5.25. The lowest BCUT2D eigenvalue weighted by atomic mass is 10.1. The Labute approximate surface area is 110 Å². The largest absolute Gasteiger partial charge is 0.267 e. The van der Waals surface area contributed by atoms with E-state index in [4.69, 9.17) is 12.2 Å². The van der Waals surface area contributed by atoms with E-state index >= 15 is 0 Å². The smallest absolute Gasteiger partial charge is 0.127 e. The Morgan fingerprint density at radius 1 is 1.06 bits per heavy atom. The third-order valence-electron chi connectivity index (χ3n) is 2.88. The molecule has 2 aromatic heterocycles. The van der Waals surface area contributed by atoms with E-state index in [0.29, 0.717) is 4.64 Å². The first kappa shape index (κ1) is 11.0. The minimum absolute atomic E-state index is 0.662. The highest BCUT2D eigenvalue weighted by molar-refractivity contribution is 7.71. The Bertz CT molecular complexity index is 760. The number of aromatic amines is 1. The quantitative estimate of drug-likeness (QED) is 0.673. The van der Waals surface area contributed by atoms with E-state index in [2.05, 4.69) is 15.2 Å². The lowest BCUT2D eigenvalue weighted by Crippen LogP contribution is -1.92. The molecule has 88 valence electrons. The summed E-state index contributed by atoms with van der Waals surface area (Å²) in [5.74, 6) is 0. The molecule has 1 N–H and O–H groups in total. The third-order valence-corrected chi connectivity index (χ3v) is 3.19. The number of aromatic nitrogens is 3. The molecule has 0 bridgehead atoms. The van der Waals surface area contributed by atoms with Crippen LogP contribution in [0.25, 0.3) is 22.0 Å². The second-order valence-corrected chi connectivity index (χ2v) is 4.54. The predicted molar refractivity (Wildman–Crippen MR) is 74.9 cm³/mol. The zero-order chi connectivity index (χ0) is 12.5. The maximum Gasteiger partial charge on any atom is 0.127 e. The Morgan fingerprint density at radius 3 is 2.56 bits per heavy atom. The molecule has 3 rings (SSSR count). The molecular formula is C14H11N3S. The molecule has 2 heterocycles. The molecule has 0 spiro atoms. The van der Waals surface area contributed by atoms with Gasteiger partial charge in [0.15, 0.2) is 0 Å². The van der Waals surface area contributed by atoms with Gasteiger partial charge < -0.3 is 0 Å². The molecule has 3 nitrogen and oxygen atoms in total. The van der Waals surface area contributed by atoms with Crippen molar-refractivity contribution in [2.75, 3.05) is 0 Å². The first-order chi connectivity index (χ1) is 8.75. The van der Waals surface area contributed by atoms with Gasteiger partial charge in [0.05, 0.1) is 0 Å². The lowest BCUT2D eigenvalue weighted by molar-refractivity contribution is 1.04. The Kier molecular flexibility index (Phi) is 2.64. The number of pyridine rings is 1. The second-order valence-electron chi connectivity index (χ2n) is 4.14. The molecule has 1 aromatic carbocycles. The highest BCUT2D eigenvalue weighted by Gasteiger charge is 2.06. The summed E-state index contributed by atoms with van der Waals surface area (Å²) in [5.41, 5.74) is 2.86. The SMILES string of the molecule is Cc1ccc(-c2n[nH]c(=S)c3ccccc23)cn1. The van der Waals surface area contributed by atoms with E-state index in [1.165, 1.54) is 0 Å². The van der Waals surface area contributed by atoms with Crippen LogP contribution in [-0.4, -0.2) is 15.2 Å². The fourth-order valence-electron chi connectivity index (χ4n) is 1.94. The highest BCUT2D eigenvalue weighted by Crippen LogP contribution is 2.25. The first-order valence-corrected chi connectivity index (χ1v) is 6.07. The van der Waals surface area contributed by atoms with Gasteiger partial charge in [-0.25, -0.2) is 0 Å². The van der Waals surface area contributed by atoms with E-state index in [1.807, 2.05) is 49.5 Å². The number of aryl methyl sites for hydroxylation is 1. The van der Waals surface area contributed by atoms with Gasteiger partial charge in [0.1, 0.15) is 10.3 Å². The van der Waals surface area contributed by atoms with Crippen LogP contribution in [0, 0.1) is 11.6 Å². The van der Waals surface area contributed by atoms with Gasteiger partial charge in [-0.15, -0.1) is 0 Å². The summed E-state index contributed by atoms with van der Waals surface area (Å²) in [6.07, 6.45) is 1.83. The minimum atomic E-state index is 0.662. The zero-order valence-electron chi connectivity index (χ0n) is 9.84. The van der Waals surface area contributed by atoms with Crippen molar-refractivity contribution in [3.05, 3.63) is 52.9 Å². The zero-order valence-corrected chi connectivity index (χ0v) is 10.7. The summed E-state index contributed by atoms with van der Waals surface area (Å²) >= 11 is 5.25. The molecule has 0 aliphatic carbocycles. The van der Waals surface area contributed by atoms with Gasteiger partial charge in [-0.3, -0.25) is 10.1 Å². The molecule has 0 saturated heterocycles. The van der Waals surface area contributed by atoms with Gasteiger partial charge in [-0.2, -0.15) is 5.10 Å². The van der Waals surface area contributed by atoms with Gasteiger partial charge in [-0.05, 0) is 19.1 Å². The van der Waals surface area contributed by atoms with Crippen molar-refractivity contribution in [3.63, 3.8) is 0 Å². The van der Waals surface area contributed by atoms with Gasteiger partial charge in [0.25, 0.3) is 0 Å². The summed E-state index contributed by atoms with van der Waals surface area (Å²) in [7, 11) is 0. The van der Waals surface area contributed by atoms with Gasteiger partial charge in [0.2, 0.25) is 0 Å². The molecule has 0 unspecified atom stereocenters. The van der Waals surface area contributed by atoms with Crippen LogP contribution in [0.5, 0.6) is 0 Å². The monoisotopic (exact) mass is 253 g/mol. The number of nitrogens with one attached hydrogen (secondary N) is 1. The molecule has 0 atom stereocenters. The summed E-state index contributed by atoms with van der Waals surface area (Å²) in [6, 6.07) is 12.0. The van der Waals surface area contributed by atoms with Gasteiger partial charge in [0, 0.05) is 28.2 Å². The number of rotatable bonds is 1. The molecular weight excluding hydrogens is 242 g/mol. The van der Waals surface area contributed by atoms with E-state index in [1.54, 1.807) is 0 Å². The van der Waals surface area contributed by atoms with Crippen LogP contribution in [-0.2, 0) is 0 Å². The normalized spacial score (nSPS) is 10.7. The average molecular weight is 253 g/mol. The van der Waals surface area contributed by atoms with Gasteiger partial charge >= 0.3 is 0 Å². The number of hydrogen-bond acceptors (Lipinski definition) is 3. The average Bonchev–Trinajstić information content (AvgIpc) is 2.41. The minimum Gasteiger partial charge on any atom is -0.267 e. The van der Waals surface area contributed by atoms with Crippen molar-refractivity contribution in [2.45, 2.75) is 6.92 Å². The van der Waals surface area contributed by atoms with Crippen LogP contribution in [0.3, 0.4) is 0 Å². The van der Waals surface area contributed by atoms with Crippen LogP contribution in [0.15, 0.2) is 42.6 Å². The molecule has 0 aliphatic heterocycles. The molecule has 0 saturated carbocycles. The van der Waals surface area contributed by atoms with Crippen molar-refractivity contribution < 1.29 is 0 Å². The van der Waals surface area contributed by atoms with Crippen LogP contribution in [0.2, 0.25) is 0 Å². The number of nitrogens with zero attached hydrogens (tertiary/aromatic N) is 2. The second kappa shape index (κ2) is 4.31. The first-order valence-electron chi connectivity index (χ1n) is 5.66. The number of fused-ring (bicyclic) bond motifs is 1. The molecule has 0 fully saturated rings. The molecule has 3 aromatic rings. The lowest BCUT2D eigenvalue weighted by Gasteiger charge is -2.05. The van der Waals surface area contributed by atoms with Crippen molar-refractivity contribution in [1.29, 1.82) is 0 Å². The molecule has 0 amide bonds. The van der Waals surface area contributed by atoms with E-state index < -0.39 is 0 Å². The predicted octanol–water partition coefficient (Wildman–Crippen LogP) is 3.66. The molecule has 0 radical (unpaired) electrons. The third kappa shape index (κ3) is 1.80. The molecule has 18 heavy (non-hydrogen) atoms. The number of benzene rings is 1. The van der Waals surface area contributed by atoms with E-state index in [9.17, 15) is 0 Å². The standard InChI is InChI=1S/C14H11N3S/c1-9-6-7-10(8-15-9)13-11-4-2-3-5-12(11)14(18)17-16-13/h2-8H,1H3,(H,17,18). The van der Waals surface area contributed by atoms with Crippen molar-refractivity contribution >= 4 is 23.0 Å². The highest BCUT2D eigenvalue weighted by atomic mass is 32.1. The molecule has 0 aliphatic rings. The van der Waals surface area contributed by atoms with Crippen LogP contribution in [0.1, 0.15) is 5.69 Å². The summed E-state index contributed by atoms with van der Waals surface area (Å²) in [5, 5.41) is 9.29. The fourth-order valence-corrected chi connectivity index (χ4v) is 2.17.